The van der Waals surface area contributed by atoms with Gasteiger partial charge in [-0.05, 0) is 41.1 Å². The molecular formula is C21H18BrNO5S. The van der Waals surface area contributed by atoms with E-state index in [1.807, 2.05) is 6.92 Å². The van der Waals surface area contributed by atoms with Gasteiger partial charge in [-0.25, -0.2) is 12.7 Å². The van der Waals surface area contributed by atoms with Crippen LogP contribution in [0.4, 0.5) is 5.69 Å². The van der Waals surface area contributed by atoms with Gasteiger partial charge in [-0.1, -0.05) is 42.0 Å². The summed E-state index contributed by atoms with van der Waals surface area (Å²) < 4.78 is 33.0. The van der Waals surface area contributed by atoms with E-state index in [9.17, 15) is 18.0 Å². The van der Waals surface area contributed by atoms with E-state index < -0.39 is 21.9 Å². The van der Waals surface area contributed by atoms with Crippen LogP contribution in [0.25, 0.3) is 10.8 Å². The van der Waals surface area contributed by atoms with Gasteiger partial charge in [0.2, 0.25) is 5.91 Å². The maximum Gasteiger partial charge on any atom is 0.308 e. The molecule has 0 heterocycles. The highest BCUT2D eigenvalue weighted by molar-refractivity contribution is 9.10. The smallest absolute Gasteiger partial charge is 0.308 e. The van der Waals surface area contributed by atoms with Crippen molar-refractivity contribution in [1.82, 2.24) is 0 Å². The molecule has 8 heteroatoms. The zero-order valence-corrected chi connectivity index (χ0v) is 18.4. The van der Waals surface area contributed by atoms with Gasteiger partial charge in [0.1, 0.15) is 0 Å². The number of carbonyl (C=O) groups is 2. The lowest BCUT2D eigenvalue weighted by molar-refractivity contribution is -0.131. The van der Waals surface area contributed by atoms with Crippen molar-refractivity contribution in [3.8, 4) is 5.75 Å². The second-order valence-electron chi connectivity index (χ2n) is 6.45. The molecule has 1 amide bonds. The third-order valence-corrected chi connectivity index (χ3v) is 6.63. The van der Waals surface area contributed by atoms with E-state index in [2.05, 4.69) is 15.9 Å². The van der Waals surface area contributed by atoms with Crippen LogP contribution in [0.15, 0.2) is 64.0 Å². The van der Waals surface area contributed by atoms with Crippen molar-refractivity contribution in [3.63, 3.8) is 0 Å². The Bertz CT molecular complexity index is 1220. The monoisotopic (exact) mass is 475 g/mol. The van der Waals surface area contributed by atoms with E-state index in [0.29, 0.717) is 15.2 Å². The number of nitrogens with zero attached hydrogens (tertiary/aromatic N) is 1. The number of hydrogen-bond donors (Lipinski definition) is 0. The lowest BCUT2D eigenvalue weighted by Gasteiger charge is -2.24. The number of carbonyl (C=O) groups excluding carboxylic acids is 2. The molecule has 3 aromatic carbocycles. The lowest BCUT2D eigenvalue weighted by atomic mass is 10.1. The fraction of sp³-hybridized carbons (Fsp3) is 0.143. The van der Waals surface area contributed by atoms with Crippen LogP contribution in [0, 0.1) is 6.92 Å². The van der Waals surface area contributed by atoms with E-state index in [4.69, 9.17) is 4.74 Å². The minimum absolute atomic E-state index is 0.00238. The van der Waals surface area contributed by atoms with E-state index in [0.717, 1.165) is 9.87 Å². The quantitative estimate of drug-likeness (QED) is 0.407. The number of ether oxygens (including phenoxy) is 1. The number of amides is 1. The Morgan fingerprint density at radius 3 is 2.10 bits per heavy atom. The molecule has 0 aromatic heterocycles. The number of rotatable bonds is 4. The molecule has 0 radical (unpaired) electrons. The Morgan fingerprint density at radius 2 is 1.55 bits per heavy atom. The third-order valence-electron chi connectivity index (χ3n) is 4.24. The predicted octanol–water partition coefficient (Wildman–Crippen LogP) is 4.58. The third kappa shape index (κ3) is 4.04. The van der Waals surface area contributed by atoms with Gasteiger partial charge >= 0.3 is 5.97 Å². The van der Waals surface area contributed by atoms with E-state index in [1.165, 1.54) is 32.0 Å². The fourth-order valence-electron chi connectivity index (χ4n) is 3.00. The first-order valence-electron chi connectivity index (χ1n) is 8.65. The van der Waals surface area contributed by atoms with Crippen LogP contribution in [0.2, 0.25) is 0 Å². The molecule has 0 atom stereocenters. The molecule has 29 heavy (non-hydrogen) atoms. The van der Waals surface area contributed by atoms with Crippen molar-refractivity contribution >= 4 is 54.3 Å². The standard InChI is InChI=1S/C21H18BrNO5S/c1-13-8-10-16(11-9-13)29(26,27)23(14(2)24)20-12-19(22)21(28-15(3)25)18-7-5-4-6-17(18)20/h4-12H,1-3H3. The molecule has 0 aliphatic carbocycles. The van der Waals surface area contributed by atoms with E-state index >= 15 is 0 Å². The number of anilines is 1. The van der Waals surface area contributed by atoms with Crippen molar-refractivity contribution < 1.29 is 22.7 Å². The number of benzene rings is 3. The van der Waals surface area contributed by atoms with Gasteiger partial charge in [0.25, 0.3) is 10.0 Å². The van der Waals surface area contributed by atoms with Gasteiger partial charge in [-0.15, -0.1) is 0 Å². The van der Waals surface area contributed by atoms with Crippen molar-refractivity contribution in [1.29, 1.82) is 0 Å². The Kier molecular flexibility index (Phi) is 5.77. The summed E-state index contributed by atoms with van der Waals surface area (Å²) in [7, 11) is -4.16. The largest absolute Gasteiger partial charge is 0.425 e. The van der Waals surface area contributed by atoms with Crippen LogP contribution in [0.5, 0.6) is 5.75 Å². The minimum Gasteiger partial charge on any atom is -0.425 e. The van der Waals surface area contributed by atoms with Crippen LogP contribution in [-0.4, -0.2) is 20.3 Å². The van der Waals surface area contributed by atoms with Crippen LogP contribution in [0.1, 0.15) is 19.4 Å². The molecule has 0 aliphatic rings. The Balaban J connectivity index is 2.30. The highest BCUT2D eigenvalue weighted by Crippen LogP contribution is 2.41. The Morgan fingerprint density at radius 1 is 0.966 bits per heavy atom. The maximum absolute atomic E-state index is 13.3. The maximum atomic E-state index is 13.3. The summed E-state index contributed by atoms with van der Waals surface area (Å²) in [5.74, 6) is -0.921. The molecule has 0 saturated heterocycles. The zero-order valence-electron chi connectivity index (χ0n) is 16.0. The summed E-state index contributed by atoms with van der Waals surface area (Å²) in [5.41, 5.74) is 1.06. The fourth-order valence-corrected chi connectivity index (χ4v) is 4.95. The summed E-state index contributed by atoms with van der Waals surface area (Å²) >= 11 is 3.34. The van der Waals surface area contributed by atoms with Gasteiger partial charge in [0.05, 0.1) is 15.1 Å². The summed E-state index contributed by atoms with van der Waals surface area (Å²) in [5, 5.41) is 0.954. The molecule has 3 rings (SSSR count). The van der Waals surface area contributed by atoms with E-state index in [-0.39, 0.29) is 16.3 Å². The number of halogens is 1. The zero-order chi connectivity index (χ0) is 21.3. The van der Waals surface area contributed by atoms with Gasteiger partial charge in [-0.3, -0.25) is 9.59 Å². The number of sulfonamides is 1. The Labute approximate surface area is 177 Å². The highest BCUT2D eigenvalue weighted by Gasteiger charge is 2.31. The normalized spacial score (nSPS) is 11.3. The minimum atomic E-state index is -4.16. The second-order valence-corrected chi connectivity index (χ2v) is 9.09. The molecule has 0 fully saturated rings. The molecule has 6 nitrogen and oxygen atoms in total. The average molecular weight is 476 g/mol. The van der Waals surface area contributed by atoms with Gasteiger partial charge in [0.15, 0.2) is 5.75 Å². The molecule has 0 saturated carbocycles. The first-order chi connectivity index (χ1) is 13.6. The molecule has 0 bridgehead atoms. The van der Waals surface area contributed by atoms with Crippen molar-refractivity contribution in [2.24, 2.45) is 0 Å². The molecule has 0 aliphatic heterocycles. The van der Waals surface area contributed by atoms with Gasteiger partial charge in [0, 0.05) is 24.6 Å². The predicted molar refractivity (Wildman–Crippen MR) is 114 cm³/mol. The van der Waals surface area contributed by atoms with Crippen molar-refractivity contribution in [3.05, 3.63) is 64.6 Å². The summed E-state index contributed by atoms with van der Waals surface area (Å²) in [6.45, 7) is 4.31. The number of hydrogen-bond acceptors (Lipinski definition) is 5. The highest BCUT2D eigenvalue weighted by atomic mass is 79.9. The van der Waals surface area contributed by atoms with Crippen molar-refractivity contribution in [2.75, 3.05) is 4.31 Å². The summed E-state index contributed by atoms with van der Waals surface area (Å²) in [4.78, 5) is 24.0. The van der Waals surface area contributed by atoms with Crippen LogP contribution in [-0.2, 0) is 19.6 Å². The summed E-state index contributed by atoms with van der Waals surface area (Å²) in [6.07, 6.45) is 0. The van der Waals surface area contributed by atoms with Crippen LogP contribution >= 0.6 is 15.9 Å². The topological polar surface area (TPSA) is 80.8 Å². The average Bonchev–Trinajstić information content (AvgIpc) is 2.64. The number of fused-ring (bicyclic) bond motifs is 1. The molecule has 0 unspecified atom stereocenters. The number of aryl methyl sites for hydroxylation is 1. The molecule has 0 N–H and O–H groups in total. The summed E-state index contributed by atoms with van der Waals surface area (Å²) in [6, 6.07) is 14.5. The van der Waals surface area contributed by atoms with E-state index in [1.54, 1.807) is 36.4 Å². The number of esters is 1. The second kappa shape index (κ2) is 7.96. The van der Waals surface area contributed by atoms with Crippen LogP contribution < -0.4 is 9.04 Å². The van der Waals surface area contributed by atoms with Gasteiger partial charge in [-0.2, -0.15) is 0 Å². The van der Waals surface area contributed by atoms with Crippen LogP contribution in [0.3, 0.4) is 0 Å². The Hall–Kier alpha value is -2.71. The first kappa shape index (κ1) is 21.0. The lowest BCUT2D eigenvalue weighted by Crippen LogP contribution is -2.35. The SMILES string of the molecule is CC(=O)Oc1c(Br)cc(N(C(C)=O)S(=O)(=O)c2ccc(C)cc2)c2ccccc12. The molecular weight excluding hydrogens is 458 g/mol. The van der Waals surface area contributed by atoms with Crippen molar-refractivity contribution in [2.45, 2.75) is 25.7 Å². The van der Waals surface area contributed by atoms with Gasteiger partial charge < -0.3 is 4.74 Å². The molecule has 3 aromatic rings. The first-order valence-corrected chi connectivity index (χ1v) is 10.9. The molecule has 0 spiro atoms. The molecule has 150 valence electrons.